The van der Waals surface area contributed by atoms with Crippen LogP contribution in [0.1, 0.15) is 33.6 Å². The Hall–Kier alpha value is -1.40. The topological polar surface area (TPSA) is 87.1 Å². The first-order chi connectivity index (χ1) is 10.3. The second-order valence-corrected chi connectivity index (χ2v) is 6.20. The maximum absolute atomic E-state index is 11.5. The van der Waals surface area contributed by atoms with Crippen LogP contribution in [0.3, 0.4) is 0 Å². The minimum absolute atomic E-state index is 0.0338. The van der Waals surface area contributed by atoms with Crippen molar-refractivity contribution in [3.8, 4) is 0 Å². The summed E-state index contributed by atoms with van der Waals surface area (Å²) in [4.78, 5) is 25.1. The molecular formula is C16H27NO5. The van der Waals surface area contributed by atoms with Crippen LogP contribution in [0.15, 0.2) is 11.1 Å². The monoisotopic (exact) mass is 313 g/mol. The Bertz CT molecular complexity index is 424. The molecule has 0 aromatic carbocycles. The first-order valence-electron chi connectivity index (χ1n) is 7.81. The van der Waals surface area contributed by atoms with Crippen molar-refractivity contribution in [3.63, 3.8) is 0 Å². The third kappa shape index (κ3) is 5.77. The van der Waals surface area contributed by atoms with Gasteiger partial charge in [0.05, 0.1) is 13.2 Å². The number of rotatable bonds is 8. The summed E-state index contributed by atoms with van der Waals surface area (Å²) in [6, 6.07) is 0. The van der Waals surface area contributed by atoms with Gasteiger partial charge in [0.2, 0.25) is 0 Å². The van der Waals surface area contributed by atoms with Gasteiger partial charge in [0, 0.05) is 30.8 Å². The molecule has 6 heteroatoms. The molecule has 1 atom stereocenters. The second-order valence-electron chi connectivity index (χ2n) is 6.20. The van der Waals surface area contributed by atoms with Crippen LogP contribution in [-0.2, 0) is 14.3 Å². The zero-order valence-corrected chi connectivity index (χ0v) is 13.7. The molecule has 0 radical (unpaired) electrons. The van der Waals surface area contributed by atoms with Crippen molar-refractivity contribution in [3.05, 3.63) is 11.1 Å². The fraction of sp³-hybridized carbons (Fsp3) is 0.750. The van der Waals surface area contributed by atoms with Crippen LogP contribution >= 0.6 is 0 Å². The highest BCUT2D eigenvalue weighted by molar-refractivity contribution is 5.98. The van der Waals surface area contributed by atoms with E-state index in [0.717, 1.165) is 13.1 Å². The number of hydrogen-bond donors (Lipinski definition) is 2. The van der Waals surface area contributed by atoms with Crippen LogP contribution in [-0.4, -0.2) is 59.9 Å². The van der Waals surface area contributed by atoms with E-state index < -0.39 is 11.9 Å². The maximum atomic E-state index is 11.5. The summed E-state index contributed by atoms with van der Waals surface area (Å²) >= 11 is 0. The summed E-state index contributed by atoms with van der Waals surface area (Å²) < 4.78 is 5.25. The highest BCUT2D eigenvalue weighted by atomic mass is 16.5. The lowest BCUT2D eigenvalue weighted by Crippen LogP contribution is -2.37. The Kier molecular flexibility index (Phi) is 7.55. The zero-order valence-electron chi connectivity index (χ0n) is 13.7. The molecule has 0 amide bonds. The Morgan fingerprint density at radius 1 is 1.05 bits per heavy atom. The summed E-state index contributed by atoms with van der Waals surface area (Å²) in [5.41, 5.74) is 0.0773. The lowest BCUT2D eigenvalue weighted by molar-refractivity contribution is -0.136. The molecule has 1 fully saturated rings. The van der Waals surface area contributed by atoms with Gasteiger partial charge in [0.15, 0.2) is 0 Å². The van der Waals surface area contributed by atoms with E-state index in [-0.39, 0.29) is 29.9 Å². The molecule has 2 N–H and O–H groups in total. The smallest absolute Gasteiger partial charge is 0.332 e. The predicted molar refractivity (Wildman–Crippen MR) is 82.8 cm³/mol. The molecular weight excluding hydrogens is 286 g/mol. The highest BCUT2D eigenvalue weighted by Gasteiger charge is 2.24. The van der Waals surface area contributed by atoms with Gasteiger partial charge in [-0.05, 0) is 24.7 Å². The number of aliphatic carboxylic acids is 2. The van der Waals surface area contributed by atoms with Crippen molar-refractivity contribution in [2.45, 2.75) is 33.6 Å². The Morgan fingerprint density at radius 2 is 1.59 bits per heavy atom. The average Bonchev–Trinajstić information content (AvgIpc) is 2.46. The Morgan fingerprint density at radius 3 is 2.05 bits per heavy atom. The van der Waals surface area contributed by atoms with Gasteiger partial charge in [0.25, 0.3) is 0 Å². The van der Waals surface area contributed by atoms with Gasteiger partial charge < -0.3 is 14.9 Å². The molecule has 0 bridgehead atoms. The van der Waals surface area contributed by atoms with Gasteiger partial charge in [-0.15, -0.1) is 0 Å². The Labute approximate surface area is 131 Å². The molecule has 0 aromatic heterocycles. The summed E-state index contributed by atoms with van der Waals surface area (Å²) in [5.74, 6) is -1.80. The van der Waals surface area contributed by atoms with Crippen molar-refractivity contribution < 1.29 is 24.5 Å². The number of carboxylic acid groups (broad SMARTS) is 2. The number of nitrogens with zero attached hydrogens (tertiary/aromatic N) is 1. The van der Waals surface area contributed by atoms with E-state index in [0.29, 0.717) is 25.7 Å². The summed E-state index contributed by atoms with van der Waals surface area (Å²) in [7, 11) is 0. The molecule has 22 heavy (non-hydrogen) atoms. The SMILES string of the molecule is CC(C)C(C)CC(C(=O)O)=C(CCN1CCOCC1)C(=O)O. The quantitative estimate of drug-likeness (QED) is 0.665. The number of carbonyl (C=O) groups is 2. The van der Waals surface area contributed by atoms with Crippen molar-refractivity contribution >= 4 is 11.9 Å². The normalized spacial score (nSPS) is 18.9. The first-order valence-corrected chi connectivity index (χ1v) is 7.81. The van der Waals surface area contributed by atoms with Gasteiger partial charge in [-0.2, -0.15) is 0 Å². The first kappa shape index (κ1) is 18.6. The molecule has 1 rings (SSSR count). The van der Waals surface area contributed by atoms with Gasteiger partial charge in [0.1, 0.15) is 0 Å². The molecule has 126 valence electrons. The van der Waals surface area contributed by atoms with E-state index in [9.17, 15) is 19.8 Å². The minimum Gasteiger partial charge on any atom is -0.478 e. The molecule has 0 spiro atoms. The van der Waals surface area contributed by atoms with Gasteiger partial charge in [-0.1, -0.05) is 20.8 Å². The zero-order chi connectivity index (χ0) is 16.7. The van der Waals surface area contributed by atoms with Crippen LogP contribution in [0.25, 0.3) is 0 Å². The summed E-state index contributed by atoms with van der Waals surface area (Å²) in [6.45, 7) is 9.34. The fourth-order valence-electron chi connectivity index (χ4n) is 2.38. The number of carboxylic acids is 2. The van der Waals surface area contributed by atoms with Gasteiger partial charge >= 0.3 is 11.9 Å². The second kappa shape index (κ2) is 8.90. The fourth-order valence-corrected chi connectivity index (χ4v) is 2.38. The van der Waals surface area contributed by atoms with Gasteiger partial charge in [-0.25, -0.2) is 9.59 Å². The molecule has 1 aliphatic rings. The van der Waals surface area contributed by atoms with Crippen molar-refractivity contribution in [1.29, 1.82) is 0 Å². The molecule has 1 unspecified atom stereocenters. The third-order valence-corrected chi connectivity index (χ3v) is 4.33. The third-order valence-electron chi connectivity index (χ3n) is 4.33. The molecule has 0 aliphatic carbocycles. The molecule has 0 saturated carbocycles. The summed E-state index contributed by atoms with van der Waals surface area (Å²) in [5, 5.41) is 18.8. The average molecular weight is 313 g/mol. The molecule has 1 aliphatic heterocycles. The van der Waals surface area contributed by atoms with Gasteiger partial charge in [-0.3, -0.25) is 4.90 Å². The lowest BCUT2D eigenvalue weighted by atomic mass is 9.88. The molecule has 0 aromatic rings. The van der Waals surface area contributed by atoms with Crippen LogP contribution in [0.5, 0.6) is 0 Å². The van der Waals surface area contributed by atoms with Crippen LogP contribution in [0.4, 0.5) is 0 Å². The Balaban J connectivity index is 2.84. The standard InChI is InChI=1S/C16H27NO5/c1-11(2)12(3)10-14(16(20)21)13(15(18)19)4-5-17-6-8-22-9-7-17/h11-12H,4-10H2,1-3H3,(H,18,19)(H,20,21). The van der Waals surface area contributed by atoms with E-state index in [1.807, 2.05) is 20.8 Å². The number of morpholine rings is 1. The van der Waals surface area contributed by atoms with E-state index in [1.165, 1.54) is 0 Å². The van der Waals surface area contributed by atoms with Crippen molar-refractivity contribution in [1.82, 2.24) is 4.90 Å². The molecule has 1 heterocycles. The van der Waals surface area contributed by atoms with E-state index in [4.69, 9.17) is 4.74 Å². The number of ether oxygens (including phenoxy) is 1. The number of hydrogen-bond acceptors (Lipinski definition) is 4. The minimum atomic E-state index is -1.12. The van der Waals surface area contributed by atoms with E-state index in [2.05, 4.69) is 4.90 Å². The van der Waals surface area contributed by atoms with Crippen LogP contribution in [0.2, 0.25) is 0 Å². The predicted octanol–water partition coefficient (Wildman–Crippen LogP) is 1.86. The lowest BCUT2D eigenvalue weighted by Gasteiger charge is -2.27. The van der Waals surface area contributed by atoms with Crippen molar-refractivity contribution in [2.24, 2.45) is 11.8 Å². The largest absolute Gasteiger partial charge is 0.478 e. The highest BCUT2D eigenvalue weighted by Crippen LogP contribution is 2.24. The van der Waals surface area contributed by atoms with Crippen LogP contribution in [0, 0.1) is 11.8 Å². The summed E-state index contributed by atoms with van der Waals surface area (Å²) in [6.07, 6.45) is 0.541. The van der Waals surface area contributed by atoms with E-state index >= 15 is 0 Å². The van der Waals surface area contributed by atoms with Crippen LogP contribution < -0.4 is 0 Å². The molecule has 6 nitrogen and oxygen atoms in total. The maximum Gasteiger partial charge on any atom is 0.332 e. The van der Waals surface area contributed by atoms with Crippen molar-refractivity contribution in [2.75, 3.05) is 32.8 Å². The molecule has 1 saturated heterocycles. The van der Waals surface area contributed by atoms with E-state index in [1.54, 1.807) is 0 Å².